The molecule has 1 atom stereocenters. The van der Waals surface area contributed by atoms with Crippen molar-refractivity contribution in [2.75, 3.05) is 45.2 Å². The van der Waals surface area contributed by atoms with Crippen LogP contribution in [0.2, 0.25) is 0 Å². The summed E-state index contributed by atoms with van der Waals surface area (Å²) in [7, 11) is 3.81. The van der Waals surface area contributed by atoms with Crippen LogP contribution in [0.1, 0.15) is 24.1 Å². The summed E-state index contributed by atoms with van der Waals surface area (Å²) in [5.41, 5.74) is 2.49. The standard InChI is InChI=1S/C20H28N4O/c1-4-23(2)20-10-9-16(13-22-20)15-24-12-11-21-14-18(24)17-7-5-6-8-19(17)25-3/h5-10,13,18,21H,4,11-12,14-15H2,1-3H3. The van der Waals surface area contributed by atoms with E-state index in [-0.39, 0.29) is 0 Å². The highest BCUT2D eigenvalue weighted by molar-refractivity contribution is 5.39. The SMILES string of the molecule is CCN(C)c1ccc(CN2CCNCC2c2ccccc2OC)cn1. The van der Waals surface area contributed by atoms with Gasteiger partial charge in [0.05, 0.1) is 13.2 Å². The first-order valence-corrected chi connectivity index (χ1v) is 8.96. The molecule has 2 heterocycles. The van der Waals surface area contributed by atoms with Crippen LogP contribution in [0, 0.1) is 0 Å². The maximum Gasteiger partial charge on any atom is 0.128 e. The van der Waals surface area contributed by atoms with Gasteiger partial charge in [0.25, 0.3) is 0 Å². The molecule has 1 saturated heterocycles. The van der Waals surface area contributed by atoms with E-state index < -0.39 is 0 Å². The van der Waals surface area contributed by atoms with Gasteiger partial charge in [-0.05, 0) is 24.6 Å². The van der Waals surface area contributed by atoms with Gasteiger partial charge in [-0.3, -0.25) is 4.90 Å². The van der Waals surface area contributed by atoms with E-state index in [2.05, 4.69) is 58.3 Å². The van der Waals surface area contributed by atoms with Crippen LogP contribution in [-0.4, -0.2) is 50.2 Å². The van der Waals surface area contributed by atoms with E-state index in [1.807, 2.05) is 18.3 Å². The maximum absolute atomic E-state index is 5.58. The van der Waals surface area contributed by atoms with Crippen LogP contribution in [0.25, 0.3) is 0 Å². The lowest BCUT2D eigenvalue weighted by Gasteiger charge is -2.37. The predicted octanol–water partition coefficient (Wildman–Crippen LogP) is 2.69. The zero-order valence-electron chi connectivity index (χ0n) is 15.4. The molecule has 0 saturated carbocycles. The first kappa shape index (κ1) is 17.7. The maximum atomic E-state index is 5.58. The Hall–Kier alpha value is -2.11. The lowest BCUT2D eigenvalue weighted by atomic mass is 10.0. The number of hydrogen-bond donors (Lipinski definition) is 1. The third kappa shape index (κ3) is 4.11. The van der Waals surface area contributed by atoms with E-state index >= 15 is 0 Å². The van der Waals surface area contributed by atoms with Crippen molar-refractivity contribution in [1.82, 2.24) is 15.2 Å². The third-order valence-corrected chi connectivity index (χ3v) is 4.91. The Balaban J connectivity index is 1.77. The molecule has 5 heteroatoms. The summed E-state index contributed by atoms with van der Waals surface area (Å²) in [6.07, 6.45) is 2.00. The molecule has 0 amide bonds. The Bertz CT molecular complexity index is 674. The molecule has 0 spiro atoms. The largest absolute Gasteiger partial charge is 0.496 e. The molecular formula is C20H28N4O. The zero-order chi connectivity index (χ0) is 17.6. The molecule has 1 fully saturated rings. The monoisotopic (exact) mass is 340 g/mol. The third-order valence-electron chi connectivity index (χ3n) is 4.91. The number of hydrogen-bond acceptors (Lipinski definition) is 5. The Morgan fingerprint density at radius 1 is 1.28 bits per heavy atom. The number of rotatable bonds is 6. The lowest BCUT2D eigenvalue weighted by molar-refractivity contribution is 0.151. The molecule has 1 aromatic carbocycles. The summed E-state index contributed by atoms with van der Waals surface area (Å²) in [5, 5.41) is 3.51. The highest BCUT2D eigenvalue weighted by Crippen LogP contribution is 2.31. The van der Waals surface area contributed by atoms with E-state index in [1.54, 1.807) is 7.11 Å². The topological polar surface area (TPSA) is 40.6 Å². The molecule has 0 aliphatic carbocycles. The van der Waals surface area contributed by atoms with Gasteiger partial charge in [0.1, 0.15) is 11.6 Å². The van der Waals surface area contributed by atoms with Crippen LogP contribution in [0.15, 0.2) is 42.6 Å². The van der Waals surface area contributed by atoms with Crippen molar-refractivity contribution in [1.29, 1.82) is 0 Å². The Morgan fingerprint density at radius 2 is 2.12 bits per heavy atom. The van der Waals surface area contributed by atoms with E-state index in [1.165, 1.54) is 11.1 Å². The Labute approximate surface area is 150 Å². The van der Waals surface area contributed by atoms with Gasteiger partial charge in [0, 0.05) is 51.5 Å². The van der Waals surface area contributed by atoms with Crippen molar-refractivity contribution in [3.05, 3.63) is 53.7 Å². The molecule has 1 aromatic heterocycles. The van der Waals surface area contributed by atoms with Crippen LogP contribution in [0.3, 0.4) is 0 Å². The molecule has 134 valence electrons. The van der Waals surface area contributed by atoms with Crippen molar-refractivity contribution in [3.8, 4) is 5.75 Å². The van der Waals surface area contributed by atoms with Gasteiger partial charge in [-0.25, -0.2) is 4.98 Å². The number of piperazine rings is 1. The number of ether oxygens (including phenoxy) is 1. The second-order valence-electron chi connectivity index (χ2n) is 6.47. The van der Waals surface area contributed by atoms with Crippen molar-refractivity contribution >= 4 is 5.82 Å². The molecule has 0 bridgehead atoms. The second kappa shape index (κ2) is 8.32. The highest BCUT2D eigenvalue weighted by atomic mass is 16.5. The summed E-state index contributed by atoms with van der Waals surface area (Å²) < 4.78 is 5.58. The first-order chi connectivity index (χ1) is 12.2. The van der Waals surface area contributed by atoms with Gasteiger partial charge in [-0.15, -0.1) is 0 Å². The zero-order valence-corrected chi connectivity index (χ0v) is 15.4. The number of para-hydroxylation sites is 1. The molecule has 0 radical (unpaired) electrons. The molecule has 1 unspecified atom stereocenters. The molecule has 1 aliphatic rings. The lowest BCUT2D eigenvalue weighted by Crippen LogP contribution is -2.45. The fraction of sp³-hybridized carbons (Fsp3) is 0.450. The van der Waals surface area contributed by atoms with E-state index in [9.17, 15) is 0 Å². The number of nitrogens with zero attached hydrogens (tertiary/aromatic N) is 3. The minimum absolute atomic E-state index is 0.308. The Morgan fingerprint density at radius 3 is 2.84 bits per heavy atom. The fourth-order valence-corrected chi connectivity index (χ4v) is 3.32. The highest BCUT2D eigenvalue weighted by Gasteiger charge is 2.26. The van der Waals surface area contributed by atoms with E-state index in [4.69, 9.17) is 4.74 Å². The van der Waals surface area contributed by atoms with Crippen molar-refractivity contribution in [2.24, 2.45) is 0 Å². The number of methoxy groups -OCH3 is 1. The van der Waals surface area contributed by atoms with Gasteiger partial charge in [0.2, 0.25) is 0 Å². The van der Waals surface area contributed by atoms with Crippen molar-refractivity contribution < 1.29 is 4.74 Å². The minimum atomic E-state index is 0.308. The summed E-state index contributed by atoms with van der Waals surface area (Å²) in [6, 6.07) is 12.9. The molecule has 25 heavy (non-hydrogen) atoms. The average Bonchev–Trinajstić information content (AvgIpc) is 2.68. The average molecular weight is 340 g/mol. The van der Waals surface area contributed by atoms with Crippen LogP contribution in [0.4, 0.5) is 5.82 Å². The number of aromatic nitrogens is 1. The summed E-state index contributed by atoms with van der Waals surface area (Å²) >= 11 is 0. The molecule has 1 N–H and O–H groups in total. The number of pyridine rings is 1. The van der Waals surface area contributed by atoms with Gasteiger partial charge in [-0.2, -0.15) is 0 Å². The summed E-state index contributed by atoms with van der Waals surface area (Å²) in [5.74, 6) is 1.98. The van der Waals surface area contributed by atoms with Crippen molar-refractivity contribution in [3.63, 3.8) is 0 Å². The fourth-order valence-electron chi connectivity index (χ4n) is 3.32. The van der Waals surface area contributed by atoms with Gasteiger partial charge >= 0.3 is 0 Å². The second-order valence-corrected chi connectivity index (χ2v) is 6.47. The van der Waals surface area contributed by atoms with Gasteiger partial charge < -0.3 is 15.0 Å². The molecule has 1 aliphatic heterocycles. The van der Waals surface area contributed by atoms with Crippen LogP contribution < -0.4 is 15.0 Å². The minimum Gasteiger partial charge on any atom is -0.496 e. The summed E-state index contributed by atoms with van der Waals surface area (Å²) in [4.78, 5) is 9.26. The van der Waals surface area contributed by atoms with Gasteiger partial charge in [-0.1, -0.05) is 24.3 Å². The quantitative estimate of drug-likeness (QED) is 0.875. The predicted molar refractivity (Wildman–Crippen MR) is 102 cm³/mol. The normalized spacial score (nSPS) is 18.1. The molecule has 5 nitrogen and oxygen atoms in total. The number of nitrogens with one attached hydrogen (secondary N) is 1. The van der Waals surface area contributed by atoms with Crippen LogP contribution in [-0.2, 0) is 6.54 Å². The smallest absolute Gasteiger partial charge is 0.128 e. The van der Waals surface area contributed by atoms with E-state index in [0.29, 0.717) is 6.04 Å². The number of benzene rings is 1. The van der Waals surface area contributed by atoms with Crippen LogP contribution in [0.5, 0.6) is 5.75 Å². The van der Waals surface area contributed by atoms with E-state index in [0.717, 1.165) is 44.3 Å². The molecule has 2 aromatic rings. The summed E-state index contributed by atoms with van der Waals surface area (Å²) in [6.45, 7) is 6.95. The molecule has 3 rings (SSSR count). The number of anilines is 1. The first-order valence-electron chi connectivity index (χ1n) is 8.96. The van der Waals surface area contributed by atoms with Gasteiger partial charge in [0.15, 0.2) is 0 Å². The van der Waals surface area contributed by atoms with Crippen LogP contribution >= 0.6 is 0 Å². The van der Waals surface area contributed by atoms with Crippen molar-refractivity contribution in [2.45, 2.75) is 19.5 Å². The Kier molecular flexibility index (Phi) is 5.89. The molecular weight excluding hydrogens is 312 g/mol.